The van der Waals surface area contributed by atoms with Crippen molar-refractivity contribution in [2.45, 2.75) is 65.4 Å². The first kappa shape index (κ1) is 19.1. The van der Waals surface area contributed by atoms with Crippen LogP contribution in [0.2, 0.25) is 0 Å². The van der Waals surface area contributed by atoms with Crippen LogP contribution in [0.5, 0.6) is 0 Å². The fourth-order valence-electron chi connectivity index (χ4n) is 7.34. The zero-order chi connectivity index (χ0) is 19.8. The molecule has 0 amide bonds. The maximum atomic E-state index is 12.7. The molecule has 0 aliphatic heterocycles. The third-order valence-corrected chi connectivity index (χ3v) is 8.83. The van der Waals surface area contributed by atoms with Gasteiger partial charge in [0, 0.05) is 17.3 Å². The van der Waals surface area contributed by atoms with Gasteiger partial charge in [0.2, 0.25) is 12.4 Å². The number of hydrogen-bond acceptors (Lipinski definition) is 3. The monoisotopic (exact) mass is 373 g/mol. The van der Waals surface area contributed by atoms with Crippen LogP contribution in [0.4, 0.5) is 0 Å². The van der Waals surface area contributed by atoms with Crippen LogP contribution in [0, 0.1) is 34.5 Å². The molecule has 4 rings (SSSR count). The normalized spacial score (nSPS) is 48.9. The predicted octanol–water partition coefficient (Wildman–Crippen LogP) is 2.96. The van der Waals surface area contributed by atoms with Gasteiger partial charge in [-0.25, -0.2) is 0 Å². The van der Waals surface area contributed by atoms with Gasteiger partial charge in [-0.15, -0.1) is 0 Å². The van der Waals surface area contributed by atoms with Gasteiger partial charge in [0.25, 0.3) is 0 Å². The summed E-state index contributed by atoms with van der Waals surface area (Å²) in [6.07, 6.45) is 8.17. The van der Waals surface area contributed by atoms with E-state index in [1.54, 1.807) is 0 Å². The highest BCUT2D eigenvalue weighted by Crippen LogP contribution is 2.67. The largest absolute Gasteiger partial charge is 0.440 e. The Balaban J connectivity index is 1.81. The maximum absolute atomic E-state index is 12.7. The Bertz CT molecular complexity index is 764. The number of fused-ring (bicyclic) bond motifs is 5. The van der Waals surface area contributed by atoms with Gasteiger partial charge in [0.05, 0.1) is 0 Å². The molecule has 0 bridgehead atoms. The number of Topliss-reactive ketones (excluding diaryl/α,β-unsaturated/α-hetero) is 1. The minimum absolute atomic E-state index is 0.0546. The Morgan fingerprint density at radius 2 is 1.96 bits per heavy atom. The summed E-state index contributed by atoms with van der Waals surface area (Å²) in [6.45, 7) is 8.22. The highest BCUT2D eigenvalue weighted by Gasteiger charge is 2.67. The van der Waals surface area contributed by atoms with E-state index in [0.717, 1.165) is 19.3 Å². The molecule has 2 unspecified atom stereocenters. The van der Waals surface area contributed by atoms with Crippen LogP contribution in [-0.2, 0) is 9.59 Å². The molecule has 4 aliphatic carbocycles. The van der Waals surface area contributed by atoms with Gasteiger partial charge in [-0.05, 0) is 55.4 Å². The number of hydrogen-bond donors (Lipinski definition) is 1. The molecule has 0 aromatic carbocycles. The molecule has 0 aromatic rings. The van der Waals surface area contributed by atoms with E-state index in [4.69, 9.17) is 5.11 Å². The van der Waals surface area contributed by atoms with Crippen LogP contribution in [0.3, 0.4) is 0 Å². The topological polar surface area (TPSA) is 77.3 Å². The Kier molecular flexibility index (Phi) is 4.15. The second-order valence-electron chi connectivity index (χ2n) is 10.0. The average molecular weight is 374 g/mol. The molecule has 0 aromatic heterocycles. The Labute approximate surface area is 161 Å². The van der Waals surface area contributed by atoms with Gasteiger partial charge >= 0.3 is 0 Å². The number of carbonyl (C=O) groups is 2. The first-order valence-electron chi connectivity index (χ1n) is 10.4. The second kappa shape index (κ2) is 5.87. The van der Waals surface area contributed by atoms with Crippen molar-refractivity contribution in [1.29, 1.82) is 0 Å². The number of allylic oxidation sites excluding steroid dienone is 4. The number of ketones is 2. The molecule has 2 saturated carbocycles. The lowest BCUT2D eigenvalue weighted by Gasteiger charge is -2.56. The van der Waals surface area contributed by atoms with E-state index in [-0.39, 0.29) is 35.4 Å². The van der Waals surface area contributed by atoms with Crippen molar-refractivity contribution in [1.82, 2.24) is 0 Å². The summed E-state index contributed by atoms with van der Waals surface area (Å²) in [6, 6.07) is 0. The van der Waals surface area contributed by atoms with E-state index in [1.165, 1.54) is 11.1 Å². The molecule has 0 radical (unpaired) electrons. The molecule has 4 nitrogen and oxygen atoms in total. The van der Waals surface area contributed by atoms with Crippen molar-refractivity contribution in [2.75, 3.05) is 6.61 Å². The fraction of sp³-hybridized carbons (Fsp3) is 0.739. The fourth-order valence-corrected chi connectivity index (χ4v) is 7.34. The third kappa shape index (κ3) is 2.23. The van der Waals surface area contributed by atoms with Gasteiger partial charge < -0.3 is 10.2 Å². The zero-order valence-electron chi connectivity index (χ0n) is 17.0. The first-order chi connectivity index (χ1) is 12.6. The summed E-state index contributed by atoms with van der Waals surface area (Å²) in [5, 5.41) is 19.1. The van der Waals surface area contributed by atoms with Crippen LogP contribution in [0.15, 0.2) is 23.3 Å². The molecule has 0 spiro atoms. The summed E-state index contributed by atoms with van der Waals surface area (Å²) in [5.41, 5.74) is 0.774. The number of carbonyl (C=O) groups excluding carboxylic acids is 2. The molecular formula is C23H33O4+. The van der Waals surface area contributed by atoms with Gasteiger partial charge in [-0.1, -0.05) is 44.9 Å². The van der Waals surface area contributed by atoms with Crippen LogP contribution >= 0.6 is 0 Å². The van der Waals surface area contributed by atoms with E-state index in [0.29, 0.717) is 24.7 Å². The lowest BCUT2D eigenvalue weighted by molar-refractivity contribution is -0.161. The van der Waals surface area contributed by atoms with Crippen molar-refractivity contribution >= 4 is 11.6 Å². The van der Waals surface area contributed by atoms with Crippen LogP contribution < -0.4 is 0 Å². The Morgan fingerprint density at radius 1 is 1.26 bits per heavy atom. The van der Waals surface area contributed by atoms with Crippen molar-refractivity contribution in [3.63, 3.8) is 0 Å². The lowest BCUT2D eigenvalue weighted by Crippen LogP contribution is -2.57. The quantitative estimate of drug-likeness (QED) is 0.597. The van der Waals surface area contributed by atoms with E-state index in [1.807, 2.05) is 13.0 Å². The minimum atomic E-state index is -1.40. The highest BCUT2D eigenvalue weighted by molar-refractivity contribution is 5.92. The first-order valence-corrected chi connectivity index (χ1v) is 10.4. The Morgan fingerprint density at radius 3 is 2.63 bits per heavy atom. The van der Waals surface area contributed by atoms with Crippen LogP contribution in [0.1, 0.15) is 59.8 Å². The van der Waals surface area contributed by atoms with Gasteiger partial charge in [0.15, 0.2) is 5.78 Å². The molecule has 27 heavy (non-hydrogen) atoms. The molecule has 148 valence electrons. The summed E-state index contributed by atoms with van der Waals surface area (Å²) in [5.74, 6) is 0.760. The third-order valence-electron chi connectivity index (χ3n) is 8.83. The molecule has 3 N–H and O–H groups in total. The predicted molar refractivity (Wildman–Crippen MR) is 104 cm³/mol. The van der Waals surface area contributed by atoms with Gasteiger partial charge in [0.1, 0.15) is 5.60 Å². The van der Waals surface area contributed by atoms with Gasteiger partial charge in [-0.2, -0.15) is 0 Å². The number of aliphatic hydroxyl groups is 1. The van der Waals surface area contributed by atoms with E-state index in [9.17, 15) is 14.7 Å². The van der Waals surface area contributed by atoms with Crippen LogP contribution in [0.25, 0.3) is 0 Å². The molecule has 4 aliphatic rings. The van der Waals surface area contributed by atoms with E-state index >= 15 is 0 Å². The summed E-state index contributed by atoms with van der Waals surface area (Å²) in [7, 11) is 0. The second-order valence-corrected chi connectivity index (χ2v) is 10.0. The summed E-state index contributed by atoms with van der Waals surface area (Å²) < 4.78 is 0. The molecule has 0 heterocycles. The smallest absolute Gasteiger partial charge is 0.239 e. The SMILES string of the molecule is C[C@@H]1CC2C3C[C@H](C)C4=CC(=O)CC[C@]4(C)C3=CC[C@]2(C)[C@@]1(O)C(=O)C[OH2+]. The number of rotatable bonds is 2. The molecule has 7 atom stereocenters. The van der Waals surface area contributed by atoms with Gasteiger partial charge in [-0.3, -0.25) is 9.59 Å². The molecule has 2 fully saturated rings. The van der Waals surface area contributed by atoms with Crippen molar-refractivity contribution in [2.24, 2.45) is 34.5 Å². The molecule has 4 heteroatoms. The average Bonchev–Trinajstić information content (AvgIpc) is 2.84. The van der Waals surface area contributed by atoms with E-state index in [2.05, 4.69) is 26.8 Å². The van der Waals surface area contributed by atoms with Crippen molar-refractivity contribution in [3.05, 3.63) is 23.3 Å². The highest BCUT2D eigenvalue weighted by atomic mass is 16.3. The summed E-state index contributed by atoms with van der Waals surface area (Å²) in [4.78, 5) is 24.7. The zero-order valence-corrected chi connectivity index (χ0v) is 17.0. The standard InChI is InChI=1S/C23H32O4/c1-13-9-16-17(21(3)7-5-15(25)11-18(13)21)6-8-22(4)19(16)10-14(2)23(22,27)20(26)12-24/h6,11,13-14,16,19,24,27H,5,7-10,12H2,1-4H3/p+1/t13-,14+,16?,19?,21+,22-,23-/m0/s1. The van der Waals surface area contributed by atoms with Crippen molar-refractivity contribution < 1.29 is 19.8 Å². The lowest BCUT2D eigenvalue weighted by atomic mass is 9.48. The Hall–Kier alpha value is -1.26. The summed E-state index contributed by atoms with van der Waals surface area (Å²) >= 11 is 0. The minimum Gasteiger partial charge on any atom is -0.440 e. The van der Waals surface area contributed by atoms with Crippen LogP contribution in [-0.4, -0.2) is 34.0 Å². The van der Waals surface area contributed by atoms with E-state index < -0.39 is 11.0 Å². The van der Waals surface area contributed by atoms with Crippen molar-refractivity contribution in [3.8, 4) is 0 Å². The maximum Gasteiger partial charge on any atom is 0.239 e. The molecule has 0 saturated heterocycles. The molecular weight excluding hydrogens is 340 g/mol.